The summed E-state index contributed by atoms with van der Waals surface area (Å²) in [5.74, 6) is 0.162. The molecule has 0 spiro atoms. The Hall–Kier alpha value is -1.22. The number of hydrogen-bond donors (Lipinski definition) is 1. The summed E-state index contributed by atoms with van der Waals surface area (Å²) in [5.41, 5.74) is 0.523. The molecule has 1 aromatic rings. The Balaban J connectivity index is 2.11. The van der Waals surface area contributed by atoms with Crippen molar-refractivity contribution in [3.63, 3.8) is 0 Å². The number of nitrogens with zero attached hydrogens (tertiary/aromatic N) is 2. The second kappa shape index (κ2) is 4.53. The van der Waals surface area contributed by atoms with Gasteiger partial charge in [0.15, 0.2) is 0 Å². The highest BCUT2D eigenvalue weighted by Crippen LogP contribution is 2.29. The molecule has 1 heterocycles. The fourth-order valence-corrected chi connectivity index (χ4v) is 1.77. The SMILES string of the molecule is Oc1ccc(Cl)cc1N=CN1CCCC1. The van der Waals surface area contributed by atoms with Gasteiger partial charge < -0.3 is 10.0 Å². The molecule has 1 aliphatic rings. The van der Waals surface area contributed by atoms with E-state index in [0.717, 1.165) is 13.1 Å². The number of benzene rings is 1. The van der Waals surface area contributed by atoms with E-state index in [4.69, 9.17) is 11.6 Å². The molecule has 3 nitrogen and oxygen atoms in total. The highest BCUT2D eigenvalue weighted by molar-refractivity contribution is 6.30. The lowest BCUT2D eigenvalue weighted by Gasteiger charge is -2.09. The maximum atomic E-state index is 9.52. The van der Waals surface area contributed by atoms with E-state index < -0.39 is 0 Å². The van der Waals surface area contributed by atoms with Crippen molar-refractivity contribution in [2.45, 2.75) is 12.8 Å². The van der Waals surface area contributed by atoms with Gasteiger partial charge in [-0.3, -0.25) is 0 Å². The van der Waals surface area contributed by atoms with E-state index in [1.54, 1.807) is 24.5 Å². The molecule has 0 atom stereocenters. The van der Waals surface area contributed by atoms with Crippen LogP contribution in [0.25, 0.3) is 0 Å². The molecule has 0 unspecified atom stereocenters. The van der Waals surface area contributed by atoms with Crippen LogP contribution in [-0.2, 0) is 0 Å². The Morgan fingerprint density at radius 1 is 1.33 bits per heavy atom. The van der Waals surface area contributed by atoms with Crippen LogP contribution in [0, 0.1) is 0 Å². The summed E-state index contributed by atoms with van der Waals surface area (Å²) in [4.78, 5) is 6.35. The van der Waals surface area contributed by atoms with Gasteiger partial charge in [-0.25, -0.2) is 4.99 Å². The first-order valence-electron chi connectivity index (χ1n) is 5.02. The van der Waals surface area contributed by atoms with Crippen LogP contribution in [0.5, 0.6) is 5.75 Å². The highest BCUT2D eigenvalue weighted by Gasteiger charge is 2.07. The molecule has 0 radical (unpaired) electrons. The molecule has 0 aromatic heterocycles. The predicted molar refractivity (Wildman–Crippen MR) is 62.1 cm³/mol. The zero-order chi connectivity index (χ0) is 10.7. The Labute approximate surface area is 94.0 Å². The number of phenolic OH excluding ortho intramolecular Hbond substituents is 1. The van der Waals surface area contributed by atoms with Crippen molar-refractivity contribution in [3.05, 3.63) is 23.2 Å². The maximum Gasteiger partial charge on any atom is 0.141 e. The monoisotopic (exact) mass is 224 g/mol. The second-order valence-electron chi connectivity index (χ2n) is 3.62. The molecular weight excluding hydrogens is 212 g/mol. The van der Waals surface area contributed by atoms with Gasteiger partial charge in [0.05, 0.1) is 6.34 Å². The zero-order valence-corrected chi connectivity index (χ0v) is 9.11. The van der Waals surface area contributed by atoms with Crippen molar-refractivity contribution in [2.24, 2.45) is 4.99 Å². The third kappa shape index (κ3) is 2.63. The first-order chi connectivity index (χ1) is 7.25. The van der Waals surface area contributed by atoms with Crippen molar-refractivity contribution in [1.82, 2.24) is 4.90 Å². The molecule has 2 rings (SSSR count). The lowest BCUT2D eigenvalue weighted by molar-refractivity contribution is 0.476. The number of aliphatic imine (C=N–C) groups is 1. The lowest BCUT2D eigenvalue weighted by Crippen LogP contribution is -2.15. The minimum Gasteiger partial charge on any atom is -0.506 e. The van der Waals surface area contributed by atoms with Crippen LogP contribution in [-0.4, -0.2) is 29.4 Å². The summed E-state index contributed by atoms with van der Waals surface area (Å²) in [6.07, 6.45) is 4.21. The molecule has 4 heteroatoms. The molecule has 1 aromatic carbocycles. The van der Waals surface area contributed by atoms with Crippen LogP contribution in [0.3, 0.4) is 0 Å². The van der Waals surface area contributed by atoms with Gasteiger partial charge in [0.25, 0.3) is 0 Å². The van der Waals surface area contributed by atoms with E-state index in [-0.39, 0.29) is 5.75 Å². The standard InChI is InChI=1S/C11H13ClN2O/c12-9-3-4-11(15)10(7-9)13-8-14-5-1-2-6-14/h3-4,7-8,15H,1-2,5-6H2. The summed E-state index contributed by atoms with van der Waals surface area (Å²) < 4.78 is 0. The average molecular weight is 225 g/mol. The van der Waals surface area contributed by atoms with Gasteiger partial charge in [0, 0.05) is 18.1 Å². The maximum absolute atomic E-state index is 9.52. The molecule has 1 aliphatic heterocycles. The van der Waals surface area contributed by atoms with E-state index >= 15 is 0 Å². The Kier molecular flexibility index (Phi) is 3.11. The van der Waals surface area contributed by atoms with Crippen molar-refractivity contribution in [3.8, 4) is 5.75 Å². The molecular formula is C11H13ClN2O. The summed E-state index contributed by atoms with van der Waals surface area (Å²) in [6, 6.07) is 4.86. The minimum absolute atomic E-state index is 0.162. The summed E-state index contributed by atoms with van der Waals surface area (Å²) in [7, 11) is 0. The Morgan fingerprint density at radius 3 is 2.80 bits per heavy atom. The largest absolute Gasteiger partial charge is 0.506 e. The van der Waals surface area contributed by atoms with Gasteiger partial charge in [-0.15, -0.1) is 0 Å². The Morgan fingerprint density at radius 2 is 2.07 bits per heavy atom. The fraction of sp³-hybridized carbons (Fsp3) is 0.364. The van der Waals surface area contributed by atoms with Crippen molar-refractivity contribution in [1.29, 1.82) is 0 Å². The first kappa shape index (κ1) is 10.3. The molecule has 80 valence electrons. The van der Waals surface area contributed by atoms with Crippen LogP contribution in [0.1, 0.15) is 12.8 Å². The molecule has 15 heavy (non-hydrogen) atoms. The lowest BCUT2D eigenvalue weighted by atomic mass is 10.3. The third-order valence-corrected chi connectivity index (χ3v) is 2.67. The van der Waals surface area contributed by atoms with Gasteiger partial charge in [-0.2, -0.15) is 0 Å². The van der Waals surface area contributed by atoms with E-state index in [2.05, 4.69) is 9.89 Å². The number of hydrogen-bond acceptors (Lipinski definition) is 2. The van der Waals surface area contributed by atoms with E-state index in [1.165, 1.54) is 12.8 Å². The van der Waals surface area contributed by atoms with E-state index in [9.17, 15) is 5.11 Å². The van der Waals surface area contributed by atoms with Crippen molar-refractivity contribution < 1.29 is 5.11 Å². The Bertz CT molecular complexity index is 373. The highest BCUT2D eigenvalue weighted by atomic mass is 35.5. The molecule has 1 fully saturated rings. The molecule has 0 aliphatic carbocycles. The van der Waals surface area contributed by atoms with Crippen LogP contribution >= 0.6 is 11.6 Å². The third-order valence-electron chi connectivity index (χ3n) is 2.44. The minimum atomic E-state index is 0.162. The summed E-state index contributed by atoms with van der Waals surface area (Å²) in [6.45, 7) is 2.09. The number of phenols is 1. The number of halogens is 1. The predicted octanol–water partition coefficient (Wildman–Crippen LogP) is 2.80. The summed E-state index contributed by atoms with van der Waals surface area (Å²) >= 11 is 5.81. The van der Waals surface area contributed by atoms with Gasteiger partial charge in [0.2, 0.25) is 0 Å². The molecule has 1 N–H and O–H groups in total. The van der Waals surface area contributed by atoms with Crippen molar-refractivity contribution >= 4 is 23.6 Å². The molecule has 1 saturated heterocycles. The number of aromatic hydroxyl groups is 1. The average Bonchev–Trinajstić information content (AvgIpc) is 2.72. The quantitative estimate of drug-likeness (QED) is 0.620. The van der Waals surface area contributed by atoms with Crippen LogP contribution < -0.4 is 0 Å². The van der Waals surface area contributed by atoms with Crippen molar-refractivity contribution in [2.75, 3.05) is 13.1 Å². The molecule has 0 bridgehead atoms. The van der Waals surface area contributed by atoms with Gasteiger partial charge in [0.1, 0.15) is 11.4 Å². The van der Waals surface area contributed by atoms with Gasteiger partial charge in [-0.1, -0.05) is 11.6 Å². The first-order valence-corrected chi connectivity index (χ1v) is 5.40. The second-order valence-corrected chi connectivity index (χ2v) is 4.06. The van der Waals surface area contributed by atoms with E-state index in [1.807, 2.05) is 0 Å². The zero-order valence-electron chi connectivity index (χ0n) is 8.36. The number of rotatable bonds is 2. The molecule has 0 amide bonds. The van der Waals surface area contributed by atoms with Crippen LogP contribution in [0.4, 0.5) is 5.69 Å². The smallest absolute Gasteiger partial charge is 0.141 e. The fourth-order valence-electron chi connectivity index (χ4n) is 1.60. The topological polar surface area (TPSA) is 35.8 Å². The normalized spacial score (nSPS) is 16.5. The number of likely N-dealkylation sites (tertiary alicyclic amines) is 1. The molecule has 0 saturated carbocycles. The van der Waals surface area contributed by atoms with Crippen LogP contribution in [0.2, 0.25) is 5.02 Å². The van der Waals surface area contributed by atoms with Gasteiger partial charge in [-0.05, 0) is 31.0 Å². The van der Waals surface area contributed by atoms with Crippen LogP contribution in [0.15, 0.2) is 23.2 Å². The van der Waals surface area contributed by atoms with E-state index in [0.29, 0.717) is 10.7 Å². The van der Waals surface area contributed by atoms with Gasteiger partial charge >= 0.3 is 0 Å². The summed E-state index contributed by atoms with van der Waals surface area (Å²) in [5, 5.41) is 10.1.